The molecule has 0 bridgehead atoms. The van der Waals surface area contributed by atoms with Crippen molar-refractivity contribution in [1.82, 2.24) is 14.5 Å². The van der Waals surface area contributed by atoms with Crippen molar-refractivity contribution in [2.45, 2.75) is 59.5 Å². The van der Waals surface area contributed by atoms with E-state index in [4.69, 9.17) is 0 Å². The van der Waals surface area contributed by atoms with Crippen molar-refractivity contribution < 1.29 is 4.57 Å². The molecule has 0 saturated heterocycles. The highest BCUT2D eigenvalue weighted by Gasteiger charge is 2.25. The zero-order valence-corrected chi connectivity index (χ0v) is 19.4. The SMILES string of the molecule is CCCc1n(CCc2c[nH]c3ccccc23)c(C)c(C)[n+]1CCc1c[nH]c2ccccc12. The van der Waals surface area contributed by atoms with Gasteiger partial charge in [-0.2, -0.15) is 0 Å². The van der Waals surface area contributed by atoms with Crippen molar-refractivity contribution in [1.29, 1.82) is 0 Å². The van der Waals surface area contributed by atoms with E-state index in [0.29, 0.717) is 0 Å². The average Bonchev–Trinajstić information content (AvgIpc) is 3.48. The maximum absolute atomic E-state index is 3.43. The second-order valence-electron chi connectivity index (χ2n) is 8.86. The molecular formula is C28H33N4+. The van der Waals surface area contributed by atoms with Gasteiger partial charge in [0.15, 0.2) is 0 Å². The molecule has 5 aromatic rings. The van der Waals surface area contributed by atoms with Crippen LogP contribution in [0, 0.1) is 13.8 Å². The van der Waals surface area contributed by atoms with Crippen LogP contribution in [0.15, 0.2) is 60.9 Å². The van der Waals surface area contributed by atoms with Crippen LogP contribution in [-0.2, 0) is 32.4 Å². The third kappa shape index (κ3) is 3.64. The normalized spacial score (nSPS) is 11.7. The van der Waals surface area contributed by atoms with E-state index in [1.54, 1.807) is 0 Å². The lowest BCUT2D eigenvalue weighted by molar-refractivity contribution is -0.709. The Bertz CT molecular complexity index is 1260. The number of aromatic nitrogens is 4. The first-order valence-corrected chi connectivity index (χ1v) is 11.9. The van der Waals surface area contributed by atoms with E-state index in [9.17, 15) is 0 Å². The molecule has 5 rings (SSSR count). The fourth-order valence-electron chi connectivity index (χ4n) is 5.15. The molecule has 164 valence electrons. The Balaban J connectivity index is 1.41. The van der Waals surface area contributed by atoms with E-state index < -0.39 is 0 Å². The first-order valence-electron chi connectivity index (χ1n) is 11.9. The molecule has 4 nitrogen and oxygen atoms in total. The summed E-state index contributed by atoms with van der Waals surface area (Å²) in [4.78, 5) is 6.86. The lowest BCUT2D eigenvalue weighted by Crippen LogP contribution is -2.41. The summed E-state index contributed by atoms with van der Waals surface area (Å²) < 4.78 is 5.13. The first kappa shape index (κ1) is 20.6. The fraction of sp³-hybridized carbons (Fsp3) is 0.321. The number of aromatic amines is 2. The van der Waals surface area contributed by atoms with Gasteiger partial charge in [0.25, 0.3) is 5.82 Å². The molecule has 2 N–H and O–H groups in total. The molecule has 4 heteroatoms. The standard InChI is InChI=1S/C28H33N4/c1-4-9-28-31(16-14-22-18-29-26-12-7-5-10-24(22)26)20(2)21(3)32(28)17-15-23-19-30-27-13-8-6-11-25(23)27/h5-8,10-13,18-19,29-30H,4,9,14-17H2,1-3H3/q+1. The van der Waals surface area contributed by atoms with E-state index in [0.717, 1.165) is 38.8 Å². The quantitative estimate of drug-likeness (QED) is 0.295. The molecule has 0 radical (unpaired) electrons. The maximum atomic E-state index is 3.43. The minimum absolute atomic E-state index is 1.02. The van der Waals surface area contributed by atoms with Crippen LogP contribution in [0.3, 0.4) is 0 Å². The molecule has 0 spiro atoms. The third-order valence-corrected chi connectivity index (χ3v) is 6.99. The molecule has 0 fully saturated rings. The fourth-order valence-corrected chi connectivity index (χ4v) is 5.15. The van der Waals surface area contributed by atoms with Crippen molar-refractivity contribution in [3.05, 3.63) is 89.3 Å². The van der Waals surface area contributed by atoms with Crippen molar-refractivity contribution in [3.8, 4) is 0 Å². The molecule has 3 heterocycles. The van der Waals surface area contributed by atoms with Crippen molar-refractivity contribution in [3.63, 3.8) is 0 Å². The van der Waals surface area contributed by atoms with E-state index in [-0.39, 0.29) is 0 Å². The molecule has 0 unspecified atom stereocenters. The number of nitrogens with one attached hydrogen (secondary N) is 2. The summed E-state index contributed by atoms with van der Waals surface area (Å²) >= 11 is 0. The summed E-state index contributed by atoms with van der Waals surface area (Å²) in [5.41, 5.74) is 8.05. The summed E-state index contributed by atoms with van der Waals surface area (Å²) in [7, 11) is 0. The van der Waals surface area contributed by atoms with E-state index >= 15 is 0 Å². The van der Waals surface area contributed by atoms with Crippen LogP contribution in [0.25, 0.3) is 21.8 Å². The summed E-state index contributed by atoms with van der Waals surface area (Å²) in [6.07, 6.45) is 8.71. The molecule has 0 amide bonds. The number of H-pyrrole nitrogens is 2. The molecule has 0 atom stereocenters. The Labute approximate surface area is 189 Å². The van der Waals surface area contributed by atoms with Gasteiger partial charge in [0, 0.05) is 67.3 Å². The van der Waals surface area contributed by atoms with Crippen LogP contribution in [0.1, 0.15) is 41.7 Å². The smallest absolute Gasteiger partial charge is 0.256 e. The minimum atomic E-state index is 1.02. The predicted octanol–water partition coefficient (Wildman–Crippen LogP) is 5.79. The molecule has 3 aromatic heterocycles. The van der Waals surface area contributed by atoms with Crippen LogP contribution in [0.5, 0.6) is 0 Å². The molecule has 2 aromatic carbocycles. The largest absolute Gasteiger partial charge is 0.361 e. The number of imidazole rings is 1. The molecule has 0 aliphatic heterocycles. The zero-order valence-electron chi connectivity index (χ0n) is 19.4. The van der Waals surface area contributed by atoms with Crippen molar-refractivity contribution in [2.24, 2.45) is 0 Å². The molecule has 0 aliphatic carbocycles. The topological polar surface area (TPSA) is 40.4 Å². The first-order chi connectivity index (χ1) is 15.7. The van der Waals surface area contributed by atoms with Gasteiger partial charge in [0.2, 0.25) is 0 Å². The number of para-hydroxylation sites is 2. The zero-order chi connectivity index (χ0) is 22.1. The van der Waals surface area contributed by atoms with Gasteiger partial charge in [-0.3, -0.25) is 0 Å². The van der Waals surface area contributed by atoms with Gasteiger partial charge in [-0.1, -0.05) is 43.3 Å². The highest BCUT2D eigenvalue weighted by molar-refractivity contribution is 5.83. The number of nitrogens with zero attached hydrogens (tertiary/aromatic N) is 2. The summed E-state index contributed by atoms with van der Waals surface area (Å²) in [5, 5.41) is 2.69. The molecule has 0 aliphatic rings. The lowest BCUT2D eigenvalue weighted by Gasteiger charge is -2.06. The number of hydrogen-bond donors (Lipinski definition) is 2. The lowest BCUT2D eigenvalue weighted by atomic mass is 10.1. The Morgan fingerprint density at radius 1 is 0.781 bits per heavy atom. The Morgan fingerprint density at radius 2 is 1.38 bits per heavy atom. The molecule has 32 heavy (non-hydrogen) atoms. The van der Waals surface area contributed by atoms with Gasteiger partial charge in [0.05, 0.1) is 13.1 Å². The number of rotatable bonds is 8. The average molecular weight is 426 g/mol. The highest BCUT2D eigenvalue weighted by Crippen LogP contribution is 2.21. The second kappa shape index (κ2) is 8.70. The maximum Gasteiger partial charge on any atom is 0.256 e. The Morgan fingerprint density at radius 3 is 2.00 bits per heavy atom. The number of fused-ring (bicyclic) bond motifs is 2. The van der Waals surface area contributed by atoms with Crippen molar-refractivity contribution in [2.75, 3.05) is 0 Å². The van der Waals surface area contributed by atoms with Gasteiger partial charge >= 0.3 is 0 Å². The van der Waals surface area contributed by atoms with E-state index in [1.165, 1.54) is 50.1 Å². The number of hydrogen-bond acceptors (Lipinski definition) is 0. The second-order valence-corrected chi connectivity index (χ2v) is 8.86. The van der Waals surface area contributed by atoms with Crippen LogP contribution < -0.4 is 4.57 Å². The van der Waals surface area contributed by atoms with E-state index in [1.807, 2.05) is 0 Å². The van der Waals surface area contributed by atoms with E-state index in [2.05, 4.69) is 101 Å². The minimum Gasteiger partial charge on any atom is -0.361 e. The van der Waals surface area contributed by atoms with Gasteiger partial charge in [-0.05, 0) is 29.7 Å². The number of benzene rings is 2. The van der Waals surface area contributed by atoms with Gasteiger partial charge < -0.3 is 9.97 Å². The number of aryl methyl sites for hydroxylation is 2. The Kier molecular flexibility index (Phi) is 5.60. The van der Waals surface area contributed by atoms with Crippen molar-refractivity contribution >= 4 is 21.8 Å². The summed E-state index contributed by atoms with van der Waals surface area (Å²) in [6, 6.07) is 17.2. The van der Waals surface area contributed by atoms with Crippen LogP contribution in [-0.4, -0.2) is 14.5 Å². The third-order valence-electron chi connectivity index (χ3n) is 6.99. The van der Waals surface area contributed by atoms with Crippen LogP contribution in [0.4, 0.5) is 0 Å². The molecule has 0 saturated carbocycles. The highest BCUT2D eigenvalue weighted by atomic mass is 15.2. The van der Waals surface area contributed by atoms with Gasteiger partial charge in [-0.25, -0.2) is 9.13 Å². The summed E-state index contributed by atoms with van der Waals surface area (Å²) in [5.74, 6) is 1.46. The predicted molar refractivity (Wildman–Crippen MR) is 132 cm³/mol. The van der Waals surface area contributed by atoms with Crippen LogP contribution in [0.2, 0.25) is 0 Å². The Hall–Kier alpha value is -3.27. The molecular weight excluding hydrogens is 392 g/mol. The monoisotopic (exact) mass is 425 g/mol. The van der Waals surface area contributed by atoms with Gasteiger partial charge in [-0.15, -0.1) is 0 Å². The van der Waals surface area contributed by atoms with Crippen LogP contribution >= 0.6 is 0 Å². The van der Waals surface area contributed by atoms with Gasteiger partial charge in [0.1, 0.15) is 11.4 Å². The summed E-state index contributed by atoms with van der Waals surface area (Å²) in [6.45, 7) is 8.89.